The molecule has 2 rings (SSSR count). The molecule has 0 aliphatic rings. The van der Waals surface area contributed by atoms with Crippen LogP contribution in [0.25, 0.3) is 0 Å². The van der Waals surface area contributed by atoms with Crippen LogP contribution in [-0.4, -0.2) is 26.2 Å². The number of para-hydroxylation sites is 1. The van der Waals surface area contributed by atoms with E-state index in [1.807, 2.05) is 48.5 Å². The van der Waals surface area contributed by atoms with E-state index in [1.54, 1.807) is 7.05 Å². The van der Waals surface area contributed by atoms with Crippen molar-refractivity contribution < 1.29 is 4.74 Å². The van der Waals surface area contributed by atoms with Crippen molar-refractivity contribution in [2.24, 2.45) is 4.99 Å². The first-order chi connectivity index (χ1) is 10.8. The van der Waals surface area contributed by atoms with Crippen LogP contribution >= 0.6 is 0 Å². The van der Waals surface area contributed by atoms with Crippen molar-refractivity contribution in [1.29, 1.82) is 0 Å². The number of benzene rings is 2. The zero-order valence-electron chi connectivity index (χ0n) is 13.1. The molecule has 0 saturated carbocycles. The lowest BCUT2D eigenvalue weighted by Crippen LogP contribution is -2.40. The van der Waals surface area contributed by atoms with Gasteiger partial charge in [0.25, 0.3) is 0 Å². The molecule has 1 atom stereocenters. The molecule has 0 saturated heterocycles. The summed E-state index contributed by atoms with van der Waals surface area (Å²) >= 11 is 0. The fourth-order valence-corrected chi connectivity index (χ4v) is 2.08. The Labute approximate surface area is 132 Å². The highest BCUT2D eigenvalue weighted by Gasteiger charge is 2.06. The first kappa shape index (κ1) is 15.9. The Morgan fingerprint density at radius 3 is 2.32 bits per heavy atom. The molecule has 2 aromatic rings. The second-order valence-electron chi connectivity index (χ2n) is 4.94. The van der Waals surface area contributed by atoms with Crippen LogP contribution in [0.2, 0.25) is 0 Å². The zero-order valence-corrected chi connectivity index (χ0v) is 13.1. The minimum atomic E-state index is 0.197. The molecule has 0 aliphatic carbocycles. The normalized spacial score (nSPS) is 12.5. The molecule has 0 aromatic heterocycles. The van der Waals surface area contributed by atoms with Gasteiger partial charge in [0, 0.05) is 7.05 Å². The molecule has 116 valence electrons. The molecule has 4 heteroatoms. The maximum absolute atomic E-state index is 5.65. The summed E-state index contributed by atoms with van der Waals surface area (Å²) in [7, 11) is 1.77. The minimum absolute atomic E-state index is 0.197. The summed E-state index contributed by atoms with van der Waals surface area (Å²) in [5.74, 6) is 1.65. The first-order valence-electron chi connectivity index (χ1n) is 7.49. The van der Waals surface area contributed by atoms with Gasteiger partial charge in [0.05, 0.1) is 12.6 Å². The van der Waals surface area contributed by atoms with E-state index in [2.05, 4.69) is 34.7 Å². The lowest BCUT2D eigenvalue weighted by atomic mass is 10.1. The minimum Gasteiger partial charge on any atom is -0.492 e. The second-order valence-corrected chi connectivity index (χ2v) is 4.94. The zero-order chi connectivity index (χ0) is 15.6. The van der Waals surface area contributed by atoms with E-state index in [4.69, 9.17) is 4.74 Å². The van der Waals surface area contributed by atoms with E-state index in [0.29, 0.717) is 13.2 Å². The quantitative estimate of drug-likeness (QED) is 0.489. The van der Waals surface area contributed by atoms with Crippen molar-refractivity contribution in [2.45, 2.75) is 13.0 Å². The highest BCUT2D eigenvalue weighted by atomic mass is 16.5. The molecule has 0 fully saturated rings. The Balaban J connectivity index is 1.73. The third kappa shape index (κ3) is 5.13. The van der Waals surface area contributed by atoms with Gasteiger partial charge in [0.2, 0.25) is 0 Å². The van der Waals surface area contributed by atoms with E-state index in [0.717, 1.165) is 11.7 Å². The lowest BCUT2D eigenvalue weighted by Gasteiger charge is -2.18. The molecule has 22 heavy (non-hydrogen) atoms. The summed E-state index contributed by atoms with van der Waals surface area (Å²) in [4.78, 5) is 4.24. The summed E-state index contributed by atoms with van der Waals surface area (Å²) in [6, 6.07) is 20.3. The van der Waals surface area contributed by atoms with Gasteiger partial charge in [-0.3, -0.25) is 4.99 Å². The number of hydrogen-bond acceptors (Lipinski definition) is 2. The van der Waals surface area contributed by atoms with Gasteiger partial charge in [0.1, 0.15) is 12.4 Å². The maximum Gasteiger partial charge on any atom is 0.191 e. The Kier molecular flexibility index (Phi) is 6.30. The smallest absolute Gasteiger partial charge is 0.191 e. The summed E-state index contributed by atoms with van der Waals surface area (Å²) in [5.41, 5.74) is 1.23. The average Bonchev–Trinajstić information content (AvgIpc) is 2.59. The van der Waals surface area contributed by atoms with E-state index < -0.39 is 0 Å². The standard InChI is InChI=1S/C18H23N3O/c1-15(16-9-5-3-6-10-16)21-18(19-2)20-13-14-22-17-11-7-4-8-12-17/h3-12,15H,13-14H2,1-2H3,(H2,19,20,21)/t15-/m0/s1. The SMILES string of the molecule is CN=C(NCCOc1ccccc1)N[C@@H](C)c1ccccc1. The summed E-state index contributed by atoms with van der Waals surface area (Å²) in [6.45, 7) is 3.39. The van der Waals surface area contributed by atoms with Crippen molar-refractivity contribution in [3.8, 4) is 5.75 Å². The number of rotatable bonds is 6. The van der Waals surface area contributed by atoms with Gasteiger partial charge in [0.15, 0.2) is 5.96 Å². The molecule has 4 nitrogen and oxygen atoms in total. The Hall–Kier alpha value is -2.49. The Morgan fingerprint density at radius 1 is 1.05 bits per heavy atom. The highest BCUT2D eigenvalue weighted by molar-refractivity contribution is 5.80. The molecule has 0 amide bonds. The largest absolute Gasteiger partial charge is 0.492 e. The fourth-order valence-electron chi connectivity index (χ4n) is 2.08. The van der Waals surface area contributed by atoms with Crippen LogP contribution in [-0.2, 0) is 0 Å². The number of nitrogens with one attached hydrogen (secondary N) is 2. The van der Waals surface area contributed by atoms with Crippen molar-refractivity contribution in [3.63, 3.8) is 0 Å². The molecule has 0 spiro atoms. The molecule has 0 heterocycles. The molecular formula is C18H23N3O. The predicted molar refractivity (Wildman–Crippen MR) is 91.3 cm³/mol. The highest BCUT2D eigenvalue weighted by Crippen LogP contribution is 2.10. The van der Waals surface area contributed by atoms with Crippen LogP contribution in [0.5, 0.6) is 5.75 Å². The third-order valence-corrected chi connectivity index (χ3v) is 3.28. The monoisotopic (exact) mass is 297 g/mol. The molecule has 2 N–H and O–H groups in total. The maximum atomic E-state index is 5.65. The predicted octanol–water partition coefficient (Wildman–Crippen LogP) is 2.99. The number of ether oxygens (including phenoxy) is 1. The second kappa shape index (κ2) is 8.72. The van der Waals surface area contributed by atoms with E-state index in [-0.39, 0.29) is 6.04 Å². The molecule has 0 radical (unpaired) electrons. The number of aliphatic imine (C=N–C) groups is 1. The van der Waals surface area contributed by atoms with Gasteiger partial charge >= 0.3 is 0 Å². The summed E-state index contributed by atoms with van der Waals surface area (Å²) < 4.78 is 5.65. The number of guanidine groups is 1. The van der Waals surface area contributed by atoms with Crippen LogP contribution in [0.15, 0.2) is 65.7 Å². The van der Waals surface area contributed by atoms with Crippen molar-refractivity contribution in [1.82, 2.24) is 10.6 Å². The van der Waals surface area contributed by atoms with Crippen molar-refractivity contribution in [3.05, 3.63) is 66.2 Å². The number of nitrogens with zero attached hydrogens (tertiary/aromatic N) is 1. The average molecular weight is 297 g/mol. The summed E-state index contributed by atoms with van der Waals surface area (Å²) in [6.07, 6.45) is 0. The van der Waals surface area contributed by atoms with Crippen LogP contribution < -0.4 is 15.4 Å². The topological polar surface area (TPSA) is 45.7 Å². The van der Waals surface area contributed by atoms with E-state index in [9.17, 15) is 0 Å². The Morgan fingerprint density at radius 2 is 1.68 bits per heavy atom. The first-order valence-corrected chi connectivity index (χ1v) is 7.49. The third-order valence-electron chi connectivity index (χ3n) is 3.28. The van der Waals surface area contributed by atoms with E-state index >= 15 is 0 Å². The molecule has 0 unspecified atom stereocenters. The molecule has 0 aliphatic heterocycles. The van der Waals surface area contributed by atoms with Gasteiger partial charge in [-0.2, -0.15) is 0 Å². The van der Waals surface area contributed by atoms with Crippen molar-refractivity contribution in [2.75, 3.05) is 20.2 Å². The number of hydrogen-bond donors (Lipinski definition) is 2. The van der Waals surface area contributed by atoms with Gasteiger partial charge in [-0.25, -0.2) is 0 Å². The van der Waals surface area contributed by atoms with Crippen LogP contribution in [0.4, 0.5) is 0 Å². The van der Waals surface area contributed by atoms with Gasteiger partial charge in [-0.05, 0) is 24.6 Å². The molecule has 2 aromatic carbocycles. The van der Waals surface area contributed by atoms with Crippen molar-refractivity contribution >= 4 is 5.96 Å². The van der Waals surface area contributed by atoms with Gasteiger partial charge < -0.3 is 15.4 Å². The Bertz CT molecular complexity index is 569. The lowest BCUT2D eigenvalue weighted by molar-refractivity contribution is 0.321. The van der Waals surface area contributed by atoms with Gasteiger partial charge in [-0.15, -0.1) is 0 Å². The van der Waals surface area contributed by atoms with E-state index in [1.165, 1.54) is 5.56 Å². The van der Waals surface area contributed by atoms with Crippen LogP contribution in [0, 0.1) is 0 Å². The summed E-state index contributed by atoms with van der Waals surface area (Å²) in [5, 5.41) is 6.62. The van der Waals surface area contributed by atoms with Crippen LogP contribution in [0.1, 0.15) is 18.5 Å². The van der Waals surface area contributed by atoms with Crippen LogP contribution in [0.3, 0.4) is 0 Å². The molecule has 0 bridgehead atoms. The molecular weight excluding hydrogens is 274 g/mol. The fraction of sp³-hybridized carbons (Fsp3) is 0.278. The van der Waals surface area contributed by atoms with Gasteiger partial charge in [-0.1, -0.05) is 48.5 Å².